The lowest BCUT2D eigenvalue weighted by Gasteiger charge is -2.33. The van der Waals surface area contributed by atoms with Crippen LogP contribution in [0.2, 0.25) is 0 Å². The molecule has 3 heterocycles. The summed E-state index contributed by atoms with van der Waals surface area (Å²) in [5.74, 6) is 0.597. The van der Waals surface area contributed by atoms with Crippen molar-refractivity contribution >= 4 is 23.7 Å². The standard InChI is InChI=1S/C32H45N7O5/c1-21(2)20-39(25(19-37-30(42)44-32(6,7)8)27(40)35-16-22-11-9-13-33-15-22)28(41)24-18-36-29(31(3,4)5)38-26(24)34-17-23-12-10-14-43-23/h9-15,18,21,25H,16-17,19-20H2,1-8H3,(H,35,40)(H,37,42)(H,34,36,38)/t25-/m0/s1. The van der Waals surface area contributed by atoms with Crippen LogP contribution < -0.4 is 16.0 Å². The van der Waals surface area contributed by atoms with Gasteiger partial charge in [0.05, 0.1) is 19.4 Å². The van der Waals surface area contributed by atoms with E-state index in [4.69, 9.17) is 14.1 Å². The van der Waals surface area contributed by atoms with Gasteiger partial charge in [0.1, 0.15) is 34.6 Å². The third kappa shape index (κ3) is 10.4. The predicted octanol–water partition coefficient (Wildman–Crippen LogP) is 4.68. The molecule has 0 aliphatic carbocycles. The van der Waals surface area contributed by atoms with Gasteiger partial charge >= 0.3 is 6.09 Å². The van der Waals surface area contributed by atoms with E-state index in [1.54, 1.807) is 51.6 Å². The summed E-state index contributed by atoms with van der Waals surface area (Å²) in [5.41, 5.74) is -0.146. The Balaban J connectivity index is 1.99. The van der Waals surface area contributed by atoms with Crippen LogP contribution >= 0.6 is 0 Å². The highest BCUT2D eigenvalue weighted by Crippen LogP contribution is 2.24. The number of hydrogen-bond donors (Lipinski definition) is 3. The van der Waals surface area contributed by atoms with E-state index in [0.29, 0.717) is 17.4 Å². The average Bonchev–Trinajstić information content (AvgIpc) is 3.46. The summed E-state index contributed by atoms with van der Waals surface area (Å²) in [7, 11) is 0. The Bertz CT molecular complexity index is 1380. The number of pyridine rings is 1. The maximum atomic E-state index is 14.4. The molecule has 0 unspecified atom stereocenters. The van der Waals surface area contributed by atoms with Crippen molar-refractivity contribution in [1.29, 1.82) is 0 Å². The molecule has 3 rings (SSSR count). The Morgan fingerprint density at radius 3 is 2.34 bits per heavy atom. The number of furan rings is 1. The molecular weight excluding hydrogens is 562 g/mol. The maximum absolute atomic E-state index is 14.4. The van der Waals surface area contributed by atoms with E-state index < -0.39 is 29.6 Å². The molecule has 0 spiro atoms. The zero-order valence-corrected chi connectivity index (χ0v) is 26.9. The van der Waals surface area contributed by atoms with Crippen LogP contribution in [0.4, 0.5) is 10.6 Å². The summed E-state index contributed by atoms with van der Waals surface area (Å²) >= 11 is 0. The number of hydrogen-bond acceptors (Lipinski definition) is 9. The minimum Gasteiger partial charge on any atom is -0.467 e. The van der Waals surface area contributed by atoms with Crippen LogP contribution in [-0.2, 0) is 28.0 Å². The smallest absolute Gasteiger partial charge is 0.407 e. The molecule has 12 heteroatoms. The SMILES string of the molecule is CC(C)CN(C(=O)c1cnc(C(C)(C)C)nc1NCc1ccco1)[C@@H](CNC(=O)OC(C)(C)C)C(=O)NCc1cccnc1. The molecule has 0 radical (unpaired) electrons. The van der Waals surface area contributed by atoms with Gasteiger partial charge in [-0.2, -0.15) is 0 Å². The number of alkyl carbamates (subject to hydrolysis) is 1. The lowest BCUT2D eigenvalue weighted by molar-refractivity contribution is -0.125. The van der Waals surface area contributed by atoms with Gasteiger partial charge in [-0.05, 0) is 50.5 Å². The fourth-order valence-electron chi connectivity index (χ4n) is 4.17. The van der Waals surface area contributed by atoms with Crippen molar-refractivity contribution in [2.75, 3.05) is 18.4 Å². The van der Waals surface area contributed by atoms with Crippen molar-refractivity contribution in [3.05, 3.63) is 71.8 Å². The first-order valence-corrected chi connectivity index (χ1v) is 14.7. The van der Waals surface area contributed by atoms with Crippen molar-refractivity contribution in [3.63, 3.8) is 0 Å². The Kier molecular flexibility index (Phi) is 11.4. The lowest BCUT2D eigenvalue weighted by Crippen LogP contribution is -2.56. The number of anilines is 1. The number of nitrogens with zero attached hydrogens (tertiary/aromatic N) is 4. The number of nitrogens with one attached hydrogen (secondary N) is 3. The van der Waals surface area contributed by atoms with Crippen LogP contribution in [0.3, 0.4) is 0 Å². The summed E-state index contributed by atoms with van der Waals surface area (Å²) in [6, 6.07) is 6.13. The molecule has 3 amide bonds. The molecular formula is C32H45N7O5. The maximum Gasteiger partial charge on any atom is 0.407 e. The fourth-order valence-corrected chi connectivity index (χ4v) is 4.17. The number of amides is 3. The molecule has 0 saturated heterocycles. The van der Waals surface area contributed by atoms with E-state index >= 15 is 0 Å². The molecule has 0 aliphatic rings. The second-order valence-corrected chi connectivity index (χ2v) is 13.0. The van der Waals surface area contributed by atoms with Crippen molar-refractivity contribution in [1.82, 2.24) is 30.5 Å². The number of carbonyl (C=O) groups is 3. The Hall–Kier alpha value is -4.48. The van der Waals surface area contributed by atoms with Crippen molar-refractivity contribution in [2.24, 2.45) is 5.92 Å². The van der Waals surface area contributed by atoms with Crippen LogP contribution in [0.1, 0.15) is 82.9 Å². The quantitative estimate of drug-likeness (QED) is 0.266. The first-order chi connectivity index (χ1) is 20.6. The largest absolute Gasteiger partial charge is 0.467 e. The second-order valence-electron chi connectivity index (χ2n) is 13.0. The Morgan fingerprint density at radius 1 is 1.00 bits per heavy atom. The molecule has 238 valence electrons. The first kappa shape index (κ1) is 34.0. The molecule has 0 aromatic carbocycles. The van der Waals surface area contributed by atoms with Gasteiger partial charge in [0.15, 0.2) is 0 Å². The first-order valence-electron chi connectivity index (χ1n) is 14.7. The predicted molar refractivity (Wildman–Crippen MR) is 167 cm³/mol. The van der Waals surface area contributed by atoms with E-state index in [1.165, 1.54) is 11.1 Å². The molecule has 0 fully saturated rings. The van der Waals surface area contributed by atoms with Crippen molar-refractivity contribution in [3.8, 4) is 0 Å². The molecule has 3 aromatic heterocycles. The van der Waals surface area contributed by atoms with E-state index in [9.17, 15) is 14.4 Å². The van der Waals surface area contributed by atoms with Gasteiger partial charge in [0, 0.05) is 37.1 Å². The minimum absolute atomic E-state index is 0.0107. The van der Waals surface area contributed by atoms with E-state index in [1.807, 2.05) is 46.8 Å². The summed E-state index contributed by atoms with van der Waals surface area (Å²) in [4.78, 5) is 55.5. The Labute approximate surface area is 259 Å². The molecule has 0 bridgehead atoms. The fraction of sp³-hybridized carbons (Fsp3) is 0.500. The molecule has 3 aromatic rings. The molecule has 3 N–H and O–H groups in total. The van der Waals surface area contributed by atoms with Crippen LogP contribution in [0.25, 0.3) is 0 Å². The van der Waals surface area contributed by atoms with Crippen LogP contribution in [-0.4, -0.2) is 62.5 Å². The zero-order valence-electron chi connectivity index (χ0n) is 26.9. The third-order valence-corrected chi connectivity index (χ3v) is 6.23. The van der Waals surface area contributed by atoms with Gasteiger partial charge in [-0.3, -0.25) is 14.6 Å². The van der Waals surface area contributed by atoms with Gasteiger partial charge in [-0.1, -0.05) is 40.7 Å². The summed E-state index contributed by atoms with van der Waals surface area (Å²) < 4.78 is 10.9. The second kappa shape index (κ2) is 14.8. The number of aromatic nitrogens is 3. The third-order valence-electron chi connectivity index (χ3n) is 6.23. The lowest BCUT2D eigenvalue weighted by atomic mass is 9.95. The van der Waals surface area contributed by atoms with Crippen molar-refractivity contribution in [2.45, 2.75) is 85.5 Å². The highest BCUT2D eigenvalue weighted by atomic mass is 16.6. The van der Waals surface area contributed by atoms with Crippen LogP contribution in [0.5, 0.6) is 0 Å². The van der Waals surface area contributed by atoms with Crippen LogP contribution in [0, 0.1) is 5.92 Å². The Morgan fingerprint density at radius 2 is 1.75 bits per heavy atom. The number of carbonyl (C=O) groups excluding carboxylic acids is 3. The average molecular weight is 608 g/mol. The van der Waals surface area contributed by atoms with Gasteiger partial charge < -0.3 is 30.0 Å². The molecule has 0 saturated carbocycles. The van der Waals surface area contributed by atoms with E-state index in [0.717, 1.165) is 5.56 Å². The van der Waals surface area contributed by atoms with E-state index in [-0.39, 0.29) is 43.1 Å². The summed E-state index contributed by atoms with van der Waals surface area (Å²) in [5, 5.41) is 8.79. The molecule has 1 atom stereocenters. The molecule has 44 heavy (non-hydrogen) atoms. The highest BCUT2D eigenvalue weighted by Gasteiger charge is 2.34. The number of ether oxygens (including phenoxy) is 1. The van der Waals surface area contributed by atoms with Gasteiger partial charge in [0.25, 0.3) is 5.91 Å². The van der Waals surface area contributed by atoms with E-state index in [2.05, 4.69) is 25.9 Å². The van der Waals surface area contributed by atoms with Crippen molar-refractivity contribution < 1.29 is 23.5 Å². The monoisotopic (exact) mass is 607 g/mol. The van der Waals surface area contributed by atoms with Gasteiger partial charge in [-0.25, -0.2) is 14.8 Å². The van der Waals surface area contributed by atoms with Gasteiger partial charge in [0.2, 0.25) is 5.91 Å². The number of rotatable bonds is 12. The normalized spacial score (nSPS) is 12.4. The van der Waals surface area contributed by atoms with Gasteiger partial charge in [-0.15, -0.1) is 0 Å². The highest BCUT2D eigenvalue weighted by molar-refractivity contribution is 6.01. The summed E-state index contributed by atoms with van der Waals surface area (Å²) in [6.07, 6.45) is 5.65. The summed E-state index contributed by atoms with van der Waals surface area (Å²) in [6.45, 7) is 15.6. The molecule has 0 aliphatic heterocycles. The molecule has 12 nitrogen and oxygen atoms in total. The minimum atomic E-state index is -1.07. The topological polar surface area (TPSA) is 152 Å². The van der Waals surface area contributed by atoms with Crippen LogP contribution in [0.15, 0.2) is 53.5 Å². The zero-order chi connectivity index (χ0) is 32.5.